The molecule has 3 heteroatoms. The van der Waals surface area contributed by atoms with Crippen LogP contribution in [0.5, 0.6) is 0 Å². The molecule has 23 heavy (non-hydrogen) atoms. The zero-order chi connectivity index (χ0) is 15.6. The number of para-hydroxylation sites is 3. The van der Waals surface area contributed by atoms with Crippen molar-refractivity contribution in [2.75, 3.05) is 0 Å². The number of ketones is 1. The van der Waals surface area contributed by atoms with Crippen molar-refractivity contribution in [1.29, 1.82) is 0 Å². The lowest BCUT2D eigenvalue weighted by atomic mass is 10.1. The van der Waals surface area contributed by atoms with Gasteiger partial charge in [-0.3, -0.25) is 9.36 Å². The van der Waals surface area contributed by atoms with Crippen LogP contribution in [0.3, 0.4) is 0 Å². The van der Waals surface area contributed by atoms with Crippen molar-refractivity contribution in [2.45, 2.75) is 0 Å². The van der Waals surface area contributed by atoms with Crippen LogP contribution in [0.25, 0.3) is 16.7 Å². The molecule has 3 nitrogen and oxygen atoms in total. The summed E-state index contributed by atoms with van der Waals surface area (Å²) in [6, 6.07) is 26.9. The summed E-state index contributed by atoms with van der Waals surface area (Å²) in [6.07, 6.45) is 0. The quantitative estimate of drug-likeness (QED) is 0.530. The fourth-order valence-corrected chi connectivity index (χ4v) is 2.74. The van der Waals surface area contributed by atoms with Crippen LogP contribution in [0.1, 0.15) is 16.2 Å². The van der Waals surface area contributed by atoms with E-state index in [0.29, 0.717) is 11.4 Å². The van der Waals surface area contributed by atoms with E-state index >= 15 is 0 Å². The molecule has 0 N–H and O–H groups in total. The summed E-state index contributed by atoms with van der Waals surface area (Å²) in [6.45, 7) is 0. The van der Waals surface area contributed by atoms with Crippen molar-refractivity contribution in [3.8, 4) is 5.69 Å². The Kier molecular flexibility index (Phi) is 3.24. The molecule has 0 radical (unpaired) electrons. The molecule has 0 amide bonds. The number of aromatic nitrogens is 2. The zero-order valence-corrected chi connectivity index (χ0v) is 12.4. The number of rotatable bonds is 3. The molecule has 0 unspecified atom stereocenters. The Balaban J connectivity index is 1.98. The van der Waals surface area contributed by atoms with Gasteiger partial charge in [0.2, 0.25) is 5.78 Å². The lowest BCUT2D eigenvalue weighted by Crippen LogP contribution is -2.10. The van der Waals surface area contributed by atoms with Crippen molar-refractivity contribution in [3.05, 3.63) is 96.3 Å². The van der Waals surface area contributed by atoms with Crippen LogP contribution in [0, 0.1) is 0 Å². The number of carbonyl (C=O) groups is 1. The van der Waals surface area contributed by atoms with E-state index in [-0.39, 0.29) is 5.78 Å². The van der Waals surface area contributed by atoms with Gasteiger partial charge in [-0.1, -0.05) is 60.7 Å². The topological polar surface area (TPSA) is 34.9 Å². The second-order valence-corrected chi connectivity index (χ2v) is 5.29. The fourth-order valence-electron chi connectivity index (χ4n) is 2.74. The Bertz CT molecular complexity index is 972. The minimum atomic E-state index is -0.0781. The first-order chi connectivity index (χ1) is 11.3. The monoisotopic (exact) mass is 298 g/mol. The summed E-state index contributed by atoms with van der Waals surface area (Å²) in [4.78, 5) is 17.5. The Hall–Kier alpha value is -3.20. The van der Waals surface area contributed by atoms with E-state index < -0.39 is 0 Å². The van der Waals surface area contributed by atoms with E-state index in [4.69, 9.17) is 0 Å². The Labute approximate surface area is 133 Å². The van der Waals surface area contributed by atoms with Gasteiger partial charge in [0.05, 0.1) is 11.0 Å². The molecule has 0 bridgehead atoms. The second kappa shape index (κ2) is 5.54. The highest BCUT2D eigenvalue weighted by Crippen LogP contribution is 2.23. The molecular weight excluding hydrogens is 284 g/mol. The minimum absolute atomic E-state index is 0.0781. The van der Waals surface area contributed by atoms with Gasteiger partial charge in [-0.05, 0) is 24.3 Å². The summed E-state index contributed by atoms with van der Waals surface area (Å²) in [7, 11) is 0. The number of fused-ring (bicyclic) bond motifs is 1. The van der Waals surface area contributed by atoms with Gasteiger partial charge in [-0.15, -0.1) is 0 Å². The van der Waals surface area contributed by atoms with Crippen LogP contribution in [-0.2, 0) is 0 Å². The first kappa shape index (κ1) is 13.5. The van der Waals surface area contributed by atoms with Crippen molar-refractivity contribution < 1.29 is 4.79 Å². The number of hydrogen-bond acceptors (Lipinski definition) is 2. The van der Waals surface area contributed by atoms with Crippen LogP contribution in [0.15, 0.2) is 84.9 Å². The molecule has 4 aromatic rings. The van der Waals surface area contributed by atoms with Crippen LogP contribution in [0.2, 0.25) is 0 Å². The minimum Gasteiger partial charge on any atom is -0.290 e. The molecule has 0 aliphatic rings. The molecule has 110 valence electrons. The van der Waals surface area contributed by atoms with Crippen LogP contribution in [-0.4, -0.2) is 15.3 Å². The van der Waals surface area contributed by atoms with Crippen LogP contribution < -0.4 is 0 Å². The van der Waals surface area contributed by atoms with Crippen molar-refractivity contribution >= 4 is 16.8 Å². The number of imidazole rings is 1. The molecule has 0 aliphatic carbocycles. The predicted molar refractivity (Wildman–Crippen MR) is 90.9 cm³/mol. The standard InChI is InChI=1S/C20H14N2O/c23-19(15-9-3-1-4-10-15)20-21-17-13-7-8-14-18(17)22(20)16-11-5-2-6-12-16/h1-14H. The third-order valence-electron chi connectivity index (χ3n) is 3.81. The SMILES string of the molecule is O=C(c1ccccc1)c1nc2ccccc2n1-c1ccccc1. The molecule has 0 spiro atoms. The molecule has 1 aromatic heterocycles. The van der Waals surface area contributed by atoms with E-state index in [9.17, 15) is 4.79 Å². The van der Waals surface area contributed by atoms with Crippen LogP contribution >= 0.6 is 0 Å². The third-order valence-corrected chi connectivity index (χ3v) is 3.81. The van der Waals surface area contributed by atoms with E-state index in [1.165, 1.54) is 0 Å². The van der Waals surface area contributed by atoms with E-state index in [0.717, 1.165) is 16.7 Å². The van der Waals surface area contributed by atoms with Gasteiger partial charge in [0, 0.05) is 11.3 Å². The third kappa shape index (κ3) is 2.32. The molecule has 3 aromatic carbocycles. The van der Waals surface area contributed by atoms with Gasteiger partial charge in [-0.25, -0.2) is 4.98 Å². The molecule has 1 heterocycles. The smallest absolute Gasteiger partial charge is 0.228 e. The molecule has 0 saturated heterocycles. The summed E-state index contributed by atoms with van der Waals surface area (Å²) >= 11 is 0. The Morgan fingerprint density at radius 1 is 0.739 bits per heavy atom. The molecular formula is C20H14N2O. The maximum absolute atomic E-state index is 12.9. The maximum atomic E-state index is 12.9. The normalized spacial score (nSPS) is 10.8. The second-order valence-electron chi connectivity index (χ2n) is 5.29. The van der Waals surface area contributed by atoms with E-state index in [1.807, 2.05) is 89.5 Å². The number of benzene rings is 3. The van der Waals surface area contributed by atoms with E-state index in [1.54, 1.807) is 0 Å². The molecule has 4 rings (SSSR count). The van der Waals surface area contributed by atoms with E-state index in [2.05, 4.69) is 4.98 Å². The number of nitrogens with zero attached hydrogens (tertiary/aromatic N) is 2. The largest absolute Gasteiger partial charge is 0.290 e. The number of hydrogen-bond donors (Lipinski definition) is 0. The number of carbonyl (C=O) groups excluding carboxylic acids is 1. The first-order valence-corrected chi connectivity index (χ1v) is 7.47. The zero-order valence-electron chi connectivity index (χ0n) is 12.4. The van der Waals surface area contributed by atoms with Crippen molar-refractivity contribution in [1.82, 2.24) is 9.55 Å². The Morgan fingerprint density at radius 3 is 2.09 bits per heavy atom. The average molecular weight is 298 g/mol. The van der Waals surface area contributed by atoms with Crippen LogP contribution in [0.4, 0.5) is 0 Å². The van der Waals surface area contributed by atoms with Gasteiger partial charge in [0.25, 0.3) is 0 Å². The average Bonchev–Trinajstić information content (AvgIpc) is 3.02. The molecule has 0 fully saturated rings. The predicted octanol–water partition coefficient (Wildman–Crippen LogP) is 4.26. The Morgan fingerprint density at radius 2 is 1.35 bits per heavy atom. The highest BCUT2D eigenvalue weighted by Gasteiger charge is 2.19. The van der Waals surface area contributed by atoms with Crippen molar-refractivity contribution in [2.24, 2.45) is 0 Å². The van der Waals surface area contributed by atoms with Gasteiger partial charge in [0.15, 0.2) is 5.82 Å². The lowest BCUT2D eigenvalue weighted by molar-refractivity contribution is 0.102. The molecule has 0 aliphatic heterocycles. The first-order valence-electron chi connectivity index (χ1n) is 7.47. The molecule has 0 atom stereocenters. The fraction of sp³-hybridized carbons (Fsp3) is 0. The molecule has 0 saturated carbocycles. The van der Waals surface area contributed by atoms with Crippen molar-refractivity contribution in [3.63, 3.8) is 0 Å². The van der Waals surface area contributed by atoms with Gasteiger partial charge >= 0.3 is 0 Å². The summed E-state index contributed by atoms with van der Waals surface area (Å²) in [5.41, 5.74) is 3.31. The summed E-state index contributed by atoms with van der Waals surface area (Å²) in [5, 5.41) is 0. The summed E-state index contributed by atoms with van der Waals surface area (Å²) in [5.74, 6) is 0.356. The van der Waals surface area contributed by atoms with Gasteiger partial charge < -0.3 is 0 Å². The van der Waals surface area contributed by atoms with Gasteiger partial charge in [0.1, 0.15) is 0 Å². The highest BCUT2D eigenvalue weighted by atomic mass is 16.1. The highest BCUT2D eigenvalue weighted by molar-refractivity contribution is 6.08. The lowest BCUT2D eigenvalue weighted by Gasteiger charge is -2.08. The van der Waals surface area contributed by atoms with Gasteiger partial charge in [-0.2, -0.15) is 0 Å². The maximum Gasteiger partial charge on any atom is 0.228 e. The summed E-state index contributed by atoms with van der Waals surface area (Å²) < 4.78 is 1.92.